The summed E-state index contributed by atoms with van der Waals surface area (Å²) in [6, 6.07) is 0.383. The second kappa shape index (κ2) is 5.39. The van der Waals surface area contributed by atoms with Crippen molar-refractivity contribution in [3.8, 4) is 0 Å². The van der Waals surface area contributed by atoms with Gasteiger partial charge in [-0.2, -0.15) is 13.2 Å². The van der Waals surface area contributed by atoms with Crippen LogP contribution in [0.5, 0.6) is 0 Å². The van der Waals surface area contributed by atoms with Crippen LogP contribution < -0.4 is 5.32 Å². The van der Waals surface area contributed by atoms with Crippen molar-refractivity contribution in [2.24, 2.45) is 0 Å². The Kier molecular flexibility index (Phi) is 4.45. The Bertz CT molecular complexity index is 186. The summed E-state index contributed by atoms with van der Waals surface area (Å²) in [4.78, 5) is 0. The van der Waals surface area contributed by atoms with Gasteiger partial charge >= 0.3 is 6.18 Å². The normalized spacial score (nSPS) is 22.6. The molecule has 1 unspecified atom stereocenters. The van der Waals surface area contributed by atoms with Crippen molar-refractivity contribution in [3.63, 3.8) is 0 Å². The summed E-state index contributed by atoms with van der Waals surface area (Å²) in [5.74, 6) is 0. The van der Waals surface area contributed by atoms with E-state index in [9.17, 15) is 13.2 Å². The maximum absolute atomic E-state index is 11.8. The van der Waals surface area contributed by atoms with E-state index in [2.05, 4.69) is 17.5 Å². The van der Waals surface area contributed by atoms with Crippen LogP contribution in [0.4, 0.5) is 13.2 Å². The molecule has 0 spiro atoms. The monoisotopic (exact) mass is 207 g/mol. The van der Waals surface area contributed by atoms with Gasteiger partial charge in [0, 0.05) is 12.5 Å². The van der Waals surface area contributed by atoms with Gasteiger partial charge in [-0.05, 0) is 32.2 Å². The fraction of sp³-hybridized carbons (Fsp3) is 0.800. The fourth-order valence-corrected chi connectivity index (χ4v) is 1.57. The SMILES string of the molecule is FC(F)(F)CCCNC1CC=CCC1. The number of nitrogens with one attached hydrogen (secondary N) is 1. The van der Waals surface area contributed by atoms with E-state index < -0.39 is 12.6 Å². The Hall–Kier alpha value is -0.510. The van der Waals surface area contributed by atoms with Crippen LogP contribution >= 0.6 is 0 Å². The molecule has 0 heterocycles. The summed E-state index contributed by atoms with van der Waals surface area (Å²) in [6.45, 7) is 0.470. The van der Waals surface area contributed by atoms with E-state index >= 15 is 0 Å². The van der Waals surface area contributed by atoms with E-state index in [0.29, 0.717) is 12.6 Å². The van der Waals surface area contributed by atoms with Crippen LogP contribution in [0.3, 0.4) is 0 Å². The lowest BCUT2D eigenvalue weighted by molar-refractivity contribution is -0.135. The standard InChI is InChI=1S/C10H16F3N/c11-10(12,13)7-4-8-14-9-5-2-1-3-6-9/h1-2,9,14H,3-8H2. The van der Waals surface area contributed by atoms with E-state index in [1.165, 1.54) is 0 Å². The zero-order valence-corrected chi connectivity index (χ0v) is 8.11. The molecule has 0 saturated carbocycles. The first kappa shape index (κ1) is 11.6. The summed E-state index contributed by atoms with van der Waals surface area (Å²) < 4.78 is 35.3. The quantitative estimate of drug-likeness (QED) is 0.552. The molecule has 82 valence electrons. The molecular weight excluding hydrogens is 191 g/mol. The molecule has 0 aromatic carbocycles. The predicted molar refractivity (Wildman–Crippen MR) is 50.1 cm³/mol. The first-order valence-electron chi connectivity index (χ1n) is 5.03. The summed E-state index contributed by atoms with van der Waals surface area (Å²) in [7, 11) is 0. The number of rotatable bonds is 4. The number of hydrogen-bond acceptors (Lipinski definition) is 1. The second-order valence-electron chi connectivity index (χ2n) is 3.65. The Morgan fingerprint density at radius 2 is 2.07 bits per heavy atom. The molecule has 1 atom stereocenters. The van der Waals surface area contributed by atoms with Crippen molar-refractivity contribution >= 4 is 0 Å². The second-order valence-corrected chi connectivity index (χ2v) is 3.65. The molecule has 1 nitrogen and oxygen atoms in total. The Balaban J connectivity index is 2.01. The number of alkyl halides is 3. The third-order valence-electron chi connectivity index (χ3n) is 2.34. The molecule has 1 aliphatic rings. The smallest absolute Gasteiger partial charge is 0.314 e. The first-order valence-corrected chi connectivity index (χ1v) is 5.03. The lowest BCUT2D eigenvalue weighted by Crippen LogP contribution is -2.31. The summed E-state index contributed by atoms with van der Waals surface area (Å²) >= 11 is 0. The number of halogens is 3. The molecule has 0 saturated heterocycles. The molecule has 0 aliphatic heterocycles. The molecular formula is C10H16F3N. The van der Waals surface area contributed by atoms with Crippen molar-refractivity contribution in [2.45, 2.75) is 44.3 Å². The van der Waals surface area contributed by atoms with Gasteiger partial charge in [0.2, 0.25) is 0 Å². The van der Waals surface area contributed by atoms with Crippen molar-refractivity contribution in [1.82, 2.24) is 5.32 Å². The van der Waals surface area contributed by atoms with Gasteiger partial charge in [0.25, 0.3) is 0 Å². The van der Waals surface area contributed by atoms with Gasteiger partial charge in [0.05, 0.1) is 0 Å². The van der Waals surface area contributed by atoms with Gasteiger partial charge in [0.1, 0.15) is 0 Å². The highest BCUT2D eigenvalue weighted by Gasteiger charge is 2.25. The zero-order valence-electron chi connectivity index (χ0n) is 8.11. The van der Waals surface area contributed by atoms with E-state index in [4.69, 9.17) is 0 Å². The molecule has 0 radical (unpaired) electrons. The zero-order chi connectivity index (χ0) is 10.4. The average molecular weight is 207 g/mol. The Morgan fingerprint density at radius 3 is 2.64 bits per heavy atom. The molecule has 0 amide bonds. The molecule has 1 N–H and O–H groups in total. The van der Waals surface area contributed by atoms with Gasteiger partial charge in [0.15, 0.2) is 0 Å². The number of allylic oxidation sites excluding steroid dienone is 1. The fourth-order valence-electron chi connectivity index (χ4n) is 1.57. The molecule has 0 fully saturated rings. The third kappa shape index (κ3) is 5.27. The first-order chi connectivity index (χ1) is 6.58. The van der Waals surface area contributed by atoms with Crippen molar-refractivity contribution in [1.29, 1.82) is 0 Å². The molecule has 1 aliphatic carbocycles. The van der Waals surface area contributed by atoms with Gasteiger partial charge < -0.3 is 5.32 Å². The highest BCUT2D eigenvalue weighted by molar-refractivity contribution is 4.92. The maximum Gasteiger partial charge on any atom is 0.389 e. The lowest BCUT2D eigenvalue weighted by atomic mass is 10.0. The Labute approximate surface area is 82.4 Å². The van der Waals surface area contributed by atoms with Crippen LogP contribution in [0.2, 0.25) is 0 Å². The van der Waals surface area contributed by atoms with Crippen LogP contribution in [0, 0.1) is 0 Å². The molecule has 14 heavy (non-hydrogen) atoms. The predicted octanol–water partition coefficient (Wildman–Crippen LogP) is 3.03. The van der Waals surface area contributed by atoms with E-state index in [-0.39, 0.29) is 6.42 Å². The highest BCUT2D eigenvalue weighted by Crippen LogP contribution is 2.21. The summed E-state index contributed by atoms with van der Waals surface area (Å²) in [6.07, 6.45) is 2.74. The molecule has 0 aromatic rings. The van der Waals surface area contributed by atoms with E-state index in [1.54, 1.807) is 0 Å². The van der Waals surface area contributed by atoms with Crippen LogP contribution in [-0.2, 0) is 0 Å². The maximum atomic E-state index is 11.8. The van der Waals surface area contributed by atoms with Crippen LogP contribution in [0.1, 0.15) is 32.1 Å². The lowest BCUT2D eigenvalue weighted by Gasteiger charge is -2.19. The van der Waals surface area contributed by atoms with Crippen molar-refractivity contribution in [3.05, 3.63) is 12.2 Å². The third-order valence-corrected chi connectivity index (χ3v) is 2.34. The molecule has 4 heteroatoms. The summed E-state index contributed by atoms with van der Waals surface area (Å²) in [5, 5.41) is 3.14. The van der Waals surface area contributed by atoms with Crippen LogP contribution in [0.15, 0.2) is 12.2 Å². The van der Waals surface area contributed by atoms with Crippen molar-refractivity contribution < 1.29 is 13.2 Å². The molecule has 0 aromatic heterocycles. The minimum Gasteiger partial charge on any atom is -0.314 e. The van der Waals surface area contributed by atoms with E-state index in [1.807, 2.05) is 0 Å². The van der Waals surface area contributed by atoms with E-state index in [0.717, 1.165) is 19.3 Å². The van der Waals surface area contributed by atoms with Crippen molar-refractivity contribution in [2.75, 3.05) is 6.54 Å². The topological polar surface area (TPSA) is 12.0 Å². The average Bonchev–Trinajstić information content (AvgIpc) is 2.13. The van der Waals surface area contributed by atoms with Gasteiger partial charge in [-0.3, -0.25) is 0 Å². The highest BCUT2D eigenvalue weighted by atomic mass is 19.4. The number of hydrogen-bond donors (Lipinski definition) is 1. The molecule has 0 bridgehead atoms. The minimum absolute atomic E-state index is 0.184. The van der Waals surface area contributed by atoms with Crippen LogP contribution in [-0.4, -0.2) is 18.8 Å². The van der Waals surface area contributed by atoms with Gasteiger partial charge in [-0.15, -0.1) is 0 Å². The van der Waals surface area contributed by atoms with Crippen LogP contribution in [0.25, 0.3) is 0 Å². The molecule has 1 rings (SSSR count). The Morgan fingerprint density at radius 1 is 1.29 bits per heavy atom. The summed E-state index contributed by atoms with van der Waals surface area (Å²) in [5.41, 5.74) is 0. The minimum atomic E-state index is -4.01. The van der Waals surface area contributed by atoms with Gasteiger partial charge in [-0.1, -0.05) is 12.2 Å². The largest absolute Gasteiger partial charge is 0.389 e. The van der Waals surface area contributed by atoms with Gasteiger partial charge in [-0.25, -0.2) is 0 Å².